The summed E-state index contributed by atoms with van der Waals surface area (Å²) < 4.78 is 0. The summed E-state index contributed by atoms with van der Waals surface area (Å²) in [6.45, 7) is 6.80. The van der Waals surface area contributed by atoms with Gasteiger partial charge in [-0.25, -0.2) is 4.99 Å². The molecule has 152 valence electrons. The van der Waals surface area contributed by atoms with Gasteiger partial charge < -0.3 is 26.8 Å². The van der Waals surface area contributed by atoms with Crippen LogP contribution in [0.3, 0.4) is 0 Å². The molecule has 0 bridgehead atoms. The van der Waals surface area contributed by atoms with Crippen LogP contribution in [0.25, 0.3) is 0 Å². The van der Waals surface area contributed by atoms with Crippen molar-refractivity contribution in [2.45, 2.75) is 52.1 Å². The van der Waals surface area contributed by atoms with Crippen LogP contribution in [0.4, 0.5) is 0 Å². The number of nitrogens with two attached hydrogens (primary N) is 2. The van der Waals surface area contributed by atoms with Crippen LogP contribution in [0.2, 0.25) is 0 Å². The molecule has 2 aliphatic rings. The molecule has 0 aromatic carbocycles. The minimum atomic E-state index is -0.942. The van der Waals surface area contributed by atoms with Crippen molar-refractivity contribution < 1.29 is 19.5 Å². The number of amides is 2. The second-order valence-electron chi connectivity index (χ2n) is 8.16. The fourth-order valence-corrected chi connectivity index (χ4v) is 4.56. The molecular weight excluding hydrogens is 350 g/mol. The Morgan fingerprint density at radius 2 is 1.70 bits per heavy atom. The summed E-state index contributed by atoms with van der Waals surface area (Å²) in [7, 11) is 0. The molecule has 1 aliphatic carbocycles. The molecule has 27 heavy (non-hydrogen) atoms. The first-order chi connectivity index (χ1) is 12.6. The first-order valence-corrected chi connectivity index (χ1v) is 9.45. The van der Waals surface area contributed by atoms with Crippen molar-refractivity contribution in [3.8, 4) is 0 Å². The van der Waals surface area contributed by atoms with Gasteiger partial charge in [-0.3, -0.25) is 14.4 Å². The highest BCUT2D eigenvalue weighted by molar-refractivity contribution is 5.88. The van der Waals surface area contributed by atoms with Crippen molar-refractivity contribution in [3.05, 3.63) is 0 Å². The maximum absolute atomic E-state index is 13.3. The lowest BCUT2D eigenvalue weighted by Crippen LogP contribution is -2.56. The Hall–Kier alpha value is -2.32. The third-order valence-corrected chi connectivity index (χ3v) is 5.47. The third-order valence-electron chi connectivity index (χ3n) is 5.47. The predicted molar refractivity (Wildman–Crippen MR) is 101 cm³/mol. The average molecular weight is 381 g/mol. The first-order valence-electron chi connectivity index (χ1n) is 9.45. The van der Waals surface area contributed by atoms with Crippen LogP contribution >= 0.6 is 0 Å². The molecule has 9 nitrogen and oxygen atoms in total. The van der Waals surface area contributed by atoms with Crippen molar-refractivity contribution in [1.82, 2.24) is 10.2 Å². The second-order valence-corrected chi connectivity index (χ2v) is 8.16. The molecule has 0 aromatic rings. The SMILES string of the molecule is CC(=O)NC(C(=O)N1CC(C)CC(C)C1)[C@H]1CC(C(=O)O)C[C@@H]1N=C(N)N. The van der Waals surface area contributed by atoms with E-state index in [1.54, 1.807) is 4.90 Å². The number of likely N-dealkylation sites (tertiary alicyclic amines) is 1. The molecule has 2 fully saturated rings. The summed E-state index contributed by atoms with van der Waals surface area (Å²) in [6, 6.07) is -1.35. The van der Waals surface area contributed by atoms with Gasteiger partial charge in [-0.2, -0.15) is 0 Å². The summed E-state index contributed by atoms with van der Waals surface area (Å²) in [6.07, 6.45) is 1.54. The van der Waals surface area contributed by atoms with Crippen LogP contribution in [0.1, 0.15) is 40.0 Å². The van der Waals surface area contributed by atoms with Crippen LogP contribution in [-0.2, 0) is 14.4 Å². The van der Waals surface area contributed by atoms with E-state index in [0.717, 1.165) is 6.42 Å². The molecule has 0 spiro atoms. The highest BCUT2D eigenvalue weighted by Gasteiger charge is 2.46. The third kappa shape index (κ3) is 5.33. The second kappa shape index (κ2) is 8.58. The zero-order valence-electron chi connectivity index (χ0n) is 16.2. The zero-order chi connectivity index (χ0) is 20.3. The maximum Gasteiger partial charge on any atom is 0.306 e. The van der Waals surface area contributed by atoms with E-state index < -0.39 is 29.9 Å². The van der Waals surface area contributed by atoms with Gasteiger partial charge in [-0.05, 0) is 31.1 Å². The Labute approximate surface area is 159 Å². The van der Waals surface area contributed by atoms with Crippen LogP contribution in [0.5, 0.6) is 0 Å². The molecule has 6 atom stereocenters. The quantitative estimate of drug-likeness (QED) is 0.381. The minimum Gasteiger partial charge on any atom is -0.481 e. The van der Waals surface area contributed by atoms with E-state index in [4.69, 9.17) is 11.5 Å². The van der Waals surface area contributed by atoms with E-state index in [1.807, 2.05) is 0 Å². The highest BCUT2D eigenvalue weighted by atomic mass is 16.4. The maximum atomic E-state index is 13.3. The van der Waals surface area contributed by atoms with Gasteiger partial charge in [-0.1, -0.05) is 13.8 Å². The molecule has 9 heteroatoms. The number of aliphatic imine (C=N–C) groups is 1. The van der Waals surface area contributed by atoms with Gasteiger partial charge in [0.05, 0.1) is 12.0 Å². The van der Waals surface area contributed by atoms with Gasteiger partial charge >= 0.3 is 5.97 Å². The van der Waals surface area contributed by atoms with Gasteiger partial charge in [0.25, 0.3) is 0 Å². The van der Waals surface area contributed by atoms with Gasteiger partial charge in [0.15, 0.2) is 5.96 Å². The van der Waals surface area contributed by atoms with Crippen molar-refractivity contribution in [2.75, 3.05) is 13.1 Å². The Morgan fingerprint density at radius 1 is 1.11 bits per heavy atom. The first kappa shape index (κ1) is 21.0. The monoisotopic (exact) mass is 381 g/mol. The van der Waals surface area contributed by atoms with Crippen molar-refractivity contribution in [3.63, 3.8) is 0 Å². The molecular formula is C18H31N5O4. The van der Waals surface area contributed by atoms with Crippen molar-refractivity contribution in [1.29, 1.82) is 0 Å². The topological polar surface area (TPSA) is 151 Å². The average Bonchev–Trinajstić information content (AvgIpc) is 2.94. The smallest absolute Gasteiger partial charge is 0.306 e. The van der Waals surface area contributed by atoms with Crippen LogP contribution in [0, 0.1) is 23.7 Å². The number of nitrogens with one attached hydrogen (secondary N) is 1. The van der Waals surface area contributed by atoms with Crippen molar-refractivity contribution >= 4 is 23.7 Å². The summed E-state index contributed by atoms with van der Waals surface area (Å²) in [5.74, 6) is -1.97. The highest BCUT2D eigenvalue weighted by Crippen LogP contribution is 2.37. The van der Waals surface area contributed by atoms with Crippen LogP contribution in [0.15, 0.2) is 4.99 Å². The normalized spacial score (nSPS) is 31.8. The molecule has 2 rings (SSSR count). The number of aliphatic carboxylic acids is 1. The van der Waals surface area contributed by atoms with E-state index in [2.05, 4.69) is 24.2 Å². The molecule has 0 radical (unpaired) electrons. The Kier molecular flexibility index (Phi) is 6.67. The Balaban J connectivity index is 2.29. The number of guanidine groups is 1. The van der Waals surface area contributed by atoms with Crippen LogP contribution in [-0.4, -0.2) is 58.9 Å². The lowest BCUT2D eigenvalue weighted by molar-refractivity contribution is -0.142. The molecule has 2 amide bonds. The van der Waals surface area contributed by atoms with Crippen molar-refractivity contribution in [2.24, 2.45) is 40.1 Å². The summed E-state index contributed by atoms with van der Waals surface area (Å²) in [4.78, 5) is 42.5. The minimum absolute atomic E-state index is 0.148. The lowest BCUT2D eigenvalue weighted by Gasteiger charge is -2.38. The fraction of sp³-hybridized carbons (Fsp3) is 0.778. The van der Waals surface area contributed by atoms with Gasteiger partial charge in [0.1, 0.15) is 6.04 Å². The number of nitrogens with zero attached hydrogens (tertiary/aromatic N) is 2. The molecule has 4 unspecified atom stereocenters. The van der Waals surface area contributed by atoms with E-state index in [-0.39, 0.29) is 30.6 Å². The van der Waals surface area contributed by atoms with E-state index in [1.165, 1.54) is 6.92 Å². The summed E-state index contributed by atoms with van der Waals surface area (Å²) in [5.41, 5.74) is 11.0. The molecule has 1 saturated heterocycles. The number of hydrogen-bond donors (Lipinski definition) is 4. The lowest BCUT2D eigenvalue weighted by atomic mass is 9.88. The molecule has 1 aliphatic heterocycles. The standard InChI is InChI=1S/C18H31N5O4/c1-9-4-10(2)8-23(7-9)16(25)15(21-11(3)24)13-5-12(17(26)27)6-14(13)22-18(19)20/h9-10,12-15H,4-8H2,1-3H3,(H,21,24)(H,26,27)(H4,19,20,22)/t9?,10?,12?,13-,14-,15?/m0/s1. The van der Waals surface area contributed by atoms with Gasteiger partial charge in [0, 0.05) is 25.9 Å². The number of hydrogen-bond acceptors (Lipinski definition) is 4. The molecule has 0 aromatic heterocycles. The van der Waals surface area contributed by atoms with Gasteiger partial charge in [0.2, 0.25) is 11.8 Å². The van der Waals surface area contributed by atoms with Crippen LogP contribution < -0.4 is 16.8 Å². The largest absolute Gasteiger partial charge is 0.481 e. The van der Waals surface area contributed by atoms with E-state index in [0.29, 0.717) is 24.9 Å². The number of rotatable bonds is 5. The number of carbonyl (C=O) groups excluding carboxylic acids is 2. The van der Waals surface area contributed by atoms with Gasteiger partial charge in [-0.15, -0.1) is 0 Å². The summed E-state index contributed by atoms with van der Waals surface area (Å²) >= 11 is 0. The molecule has 1 heterocycles. The molecule has 6 N–H and O–H groups in total. The summed E-state index contributed by atoms with van der Waals surface area (Å²) in [5, 5.41) is 12.1. The predicted octanol–water partition coefficient (Wildman–Crippen LogP) is -0.252. The number of carboxylic acid groups (broad SMARTS) is 1. The Morgan fingerprint density at radius 3 is 2.19 bits per heavy atom. The number of carbonyl (C=O) groups is 3. The van der Waals surface area contributed by atoms with E-state index >= 15 is 0 Å². The Bertz CT molecular complexity index is 609. The van der Waals surface area contributed by atoms with E-state index in [9.17, 15) is 19.5 Å². The number of carboxylic acids is 1. The fourth-order valence-electron chi connectivity index (χ4n) is 4.56. The zero-order valence-corrected chi connectivity index (χ0v) is 16.2. The number of piperidine rings is 1. The molecule has 1 saturated carbocycles.